The second-order valence-corrected chi connectivity index (χ2v) is 2.21. The van der Waals surface area contributed by atoms with E-state index in [1.54, 1.807) is 18.2 Å². The van der Waals surface area contributed by atoms with Gasteiger partial charge in [0.15, 0.2) is 0 Å². The van der Waals surface area contributed by atoms with Gasteiger partial charge in [-0.25, -0.2) is 0 Å². The predicted molar refractivity (Wildman–Crippen MR) is 42.9 cm³/mol. The third-order valence-electron chi connectivity index (χ3n) is 1.41. The summed E-state index contributed by atoms with van der Waals surface area (Å²) in [5.41, 5.74) is 1.77. The van der Waals surface area contributed by atoms with Crippen LogP contribution in [0.1, 0.15) is 12.5 Å². The number of benzene rings is 1. The Morgan fingerprint density at radius 3 is 3.10 bits per heavy atom. The van der Waals surface area contributed by atoms with E-state index in [0.29, 0.717) is 5.75 Å². The SMILES string of the molecule is [2H]C=Cc1ccc(O)c(C)c1. The summed E-state index contributed by atoms with van der Waals surface area (Å²) >= 11 is 0. The normalized spacial score (nSPS) is 11.9. The minimum atomic E-state index is 0.298. The van der Waals surface area contributed by atoms with Gasteiger partial charge >= 0.3 is 0 Å². The van der Waals surface area contributed by atoms with Crippen molar-refractivity contribution in [3.63, 3.8) is 0 Å². The van der Waals surface area contributed by atoms with Gasteiger partial charge in [-0.15, -0.1) is 0 Å². The molecule has 1 rings (SSSR count). The van der Waals surface area contributed by atoms with Gasteiger partial charge in [0, 0.05) is 0 Å². The lowest BCUT2D eigenvalue weighted by atomic mass is 10.1. The van der Waals surface area contributed by atoms with Crippen LogP contribution in [-0.4, -0.2) is 5.11 Å². The lowest BCUT2D eigenvalue weighted by Crippen LogP contribution is -1.75. The molecule has 0 aliphatic heterocycles. The van der Waals surface area contributed by atoms with Gasteiger partial charge in [0.25, 0.3) is 0 Å². The van der Waals surface area contributed by atoms with Crippen LogP contribution in [0.4, 0.5) is 0 Å². The molecule has 1 N–H and O–H groups in total. The molecule has 0 radical (unpaired) electrons. The van der Waals surface area contributed by atoms with Gasteiger partial charge in [0.2, 0.25) is 0 Å². The summed E-state index contributed by atoms with van der Waals surface area (Å²) in [7, 11) is 0. The van der Waals surface area contributed by atoms with Crippen LogP contribution in [0.25, 0.3) is 6.08 Å². The van der Waals surface area contributed by atoms with E-state index in [9.17, 15) is 0 Å². The maximum Gasteiger partial charge on any atom is 0.118 e. The van der Waals surface area contributed by atoms with Crippen molar-refractivity contribution in [1.82, 2.24) is 0 Å². The van der Waals surface area contributed by atoms with Crippen molar-refractivity contribution in [3.05, 3.63) is 35.9 Å². The molecule has 0 atom stereocenters. The summed E-state index contributed by atoms with van der Waals surface area (Å²) in [6, 6.07) is 5.23. The summed E-state index contributed by atoms with van der Waals surface area (Å²) in [4.78, 5) is 0. The van der Waals surface area contributed by atoms with E-state index < -0.39 is 0 Å². The van der Waals surface area contributed by atoms with Crippen LogP contribution in [0.5, 0.6) is 5.75 Å². The van der Waals surface area contributed by atoms with E-state index in [2.05, 4.69) is 0 Å². The Morgan fingerprint density at radius 2 is 2.50 bits per heavy atom. The standard InChI is InChI=1S/C9H10O/c1-3-8-4-5-9(10)7(2)6-8/h3-6,10H,1H2,2H3/i1D. The number of hydrogen-bond donors (Lipinski definition) is 1. The third kappa shape index (κ3) is 1.18. The molecule has 52 valence electrons. The third-order valence-corrected chi connectivity index (χ3v) is 1.41. The van der Waals surface area contributed by atoms with E-state index in [4.69, 9.17) is 6.48 Å². The van der Waals surface area contributed by atoms with Crippen molar-refractivity contribution in [2.24, 2.45) is 0 Å². The lowest BCUT2D eigenvalue weighted by Gasteiger charge is -1.97. The number of rotatable bonds is 1. The molecule has 0 heterocycles. The maximum atomic E-state index is 9.14. The average molecular weight is 135 g/mol. The topological polar surface area (TPSA) is 20.2 Å². The van der Waals surface area contributed by atoms with Crippen molar-refractivity contribution >= 4 is 6.08 Å². The van der Waals surface area contributed by atoms with Crippen molar-refractivity contribution < 1.29 is 6.48 Å². The highest BCUT2D eigenvalue weighted by Crippen LogP contribution is 2.16. The Morgan fingerprint density at radius 1 is 1.70 bits per heavy atom. The second kappa shape index (κ2) is 2.56. The zero-order valence-corrected chi connectivity index (χ0v) is 5.83. The number of hydrogen-bond acceptors (Lipinski definition) is 1. The Bertz CT molecular complexity index is 279. The van der Waals surface area contributed by atoms with E-state index >= 15 is 0 Å². The fraction of sp³-hybridized carbons (Fsp3) is 0.111. The molecule has 1 aromatic rings. The van der Waals surface area contributed by atoms with E-state index in [1.165, 1.54) is 6.55 Å². The van der Waals surface area contributed by atoms with Gasteiger partial charge < -0.3 is 5.11 Å². The molecule has 0 bridgehead atoms. The molecule has 0 amide bonds. The number of phenols is 1. The summed E-state index contributed by atoms with van der Waals surface area (Å²) in [5, 5.41) is 9.14. The molecule has 0 fully saturated rings. The molecule has 0 saturated carbocycles. The molecular formula is C9H10O. The molecule has 0 unspecified atom stereocenters. The van der Waals surface area contributed by atoms with Gasteiger partial charge in [0.1, 0.15) is 5.75 Å². The summed E-state index contributed by atoms with van der Waals surface area (Å²) in [6.07, 6.45) is 1.67. The first kappa shape index (κ1) is 5.54. The highest BCUT2D eigenvalue weighted by Gasteiger charge is 1.93. The van der Waals surface area contributed by atoms with Gasteiger partial charge in [0.05, 0.1) is 1.37 Å². The van der Waals surface area contributed by atoms with Crippen molar-refractivity contribution in [2.75, 3.05) is 0 Å². The van der Waals surface area contributed by atoms with Crippen LogP contribution in [0.3, 0.4) is 0 Å². The summed E-state index contributed by atoms with van der Waals surface area (Å²) < 4.78 is 6.82. The molecule has 1 heteroatoms. The Hall–Kier alpha value is -1.24. The minimum Gasteiger partial charge on any atom is -0.508 e. The monoisotopic (exact) mass is 135 g/mol. The van der Waals surface area contributed by atoms with E-state index in [-0.39, 0.29) is 0 Å². The molecule has 1 aromatic carbocycles. The average Bonchev–Trinajstić information content (AvgIpc) is 1.98. The first-order valence-electron chi connectivity index (χ1n) is 3.66. The zero-order chi connectivity index (χ0) is 8.27. The molecule has 0 aliphatic rings. The van der Waals surface area contributed by atoms with E-state index in [1.807, 2.05) is 13.0 Å². The Labute approximate surface area is 62.0 Å². The Balaban J connectivity index is 3.05. The fourth-order valence-electron chi connectivity index (χ4n) is 0.782. The largest absolute Gasteiger partial charge is 0.508 e. The molecule has 1 nitrogen and oxygen atoms in total. The number of aromatic hydroxyl groups is 1. The van der Waals surface area contributed by atoms with Crippen LogP contribution >= 0.6 is 0 Å². The van der Waals surface area contributed by atoms with Crippen molar-refractivity contribution in [3.8, 4) is 5.75 Å². The van der Waals surface area contributed by atoms with Crippen LogP contribution in [-0.2, 0) is 0 Å². The van der Waals surface area contributed by atoms with Gasteiger partial charge in [-0.2, -0.15) is 0 Å². The van der Waals surface area contributed by atoms with Crippen molar-refractivity contribution in [1.29, 1.82) is 0 Å². The fourth-order valence-corrected chi connectivity index (χ4v) is 0.782. The highest BCUT2D eigenvalue weighted by atomic mass is 16.3. The molecular weight excluding hydrogens is 124 g/mol. The van der Waals surface area contributed by atoms with Gasteiger partial charge in [-0.3, -0.25) is 0 Å². The predicted octanol–water partition coefficient (Wildman–Crippen LogP) is 2.34. The minimum absolute atomic E-state index is 0.298. The first-order chi connectivity index (χ1) is 5.24. The number of phenolic OH excluding ortho intramolecular Hbond substituents is 1. The summed E-state index contributed by atoms with van der Waals surface area (Å²) in [6.45, 7) is 3.06. The molecule has 0 aromatic heterocycles. The number of aryl methyl sites for hydroxylation is 1. The quantitative estimate of drug-likeness (QED) is 0.626. The smallest absolute Gasteiger partial charge is 0.118 e. The maximum absolute atomic E-state index is 9.14. The van der Waals surface area contributed by atoms with Gasteiger partial charge in [-0.05, 0) is 30.2 Å². The van der Waals surface area contributed by atoms with Crippen LogP contribution < -0.4 is 0 Å². The first-order valence-corrected chi connectivity index (χ1v) is 3.08. The summed E-state index contributed by atoms with van der Waals surface area (Å²) in [5.74, 6) is 0.298. The Kier molecular flexibility index (Phi) is 1.42. The van der Waals surface area contributed by atoms with Crippen LogP contribution in [0, 0.1) is 6.92 Å². The molecule has 0 saturated heterocycles. The molecule has 10 heavy (non-hydrogen) atoms. The zero-order valence-electron chi connectivity index (χ0n) is 6.83. The molecule has 0 spiro atoms. The van der Waals surface area contributed by atoms with E-state index in [0.717, 1.165) is 11.1 Å². The second-order valence-electron chi connectivity index (χ2n) is 2.21. The van der Waals surface area contributed by atoms with Crippen LogP contribution in [0.2, 0.25) is 0 Å². The van der Waals surface area contributed by atoms with Gasteiger partial charge in [-0.1, -0.05) is 18.7 Å². The highest BCUT2D eigenvalue weighted by molar-refractivity contribution is 5.50. The van der Waals surface area contributed by atoms with Crippen LogP contribution in [0.15, 0.2) is 24.8 Å². The molecule has 0 aliphatic carbocycles. The lowest BCUT2D eigenvalue weighted by molar-refractivity contribution is 0.471. The van der Waals surface area contributed by atoms with Crippen molar-refractivity contribution in [2.45, 2.75) is 6.92 Å².